The topological polar surface area (TPSA) is 63.7 Å². The zero-order chi connectivity index (χ0) is 29.4. The Morgan fingerprint density at radius 3 is 2.37 bits per heavy atom. The number of nitrogens with zero attached hydrogens (tertiary/aromatic N) is 2. The molecule has 1 aromatic heterocycles. The monoisotopic (exact) mass is 583 g/mol. The van der Waals surface area contributed by atoms with Gasteiger partial charge < -0.3 is 14.8 Å². The van der Waals surface area contributed by atoms with Crippen LogP contribution < -0.4 is 14.8 Å². The van der Waals surface area contributed by atoms with Crippen molar-refractivity contribution in [1.82, 2.24) is 15.2 Å². The number of aryl methyl sites for hydroxylation is 1. The maximum atomic E-state index is 13.0. The lowest BCUT2D eigenvalue weighted by Gasteiger charge is -2.22. The number of hydrogen-bond donors (Lipinski definition) is 1. The molecule has 0 aliphatic carbocycles. The first-order valence-electron chi connectivity index (χ1n) is 13.0. The number of aromatic nitrogens is 1. The number of rotatable bonds is 12. The second-order valence-electron chi connectivity index (χ2n) is 9.64. The van der Waals surface area contributed by atoms with Gasteiger partial charge in [-0.25, -0.2) is 4.98 Å². The molecule has 0 bridgehead atoms. The summed E-state index contributed by atoms with van der Waals surface area (Å²) in [4.78, 5) is 19.5. The fourth-order valence-corrected chi connectivity index (χ4v) is 5.11. The molecule has 1 amide bonds. The van der Waals surface area contributed by atoms with Crippen LogP contribution in [0.1, 0.15) is 43.3 Å². The Labute approximate surface area is 241 Å². The molecule has 1 heterocycles. The Bertz CT molecular complexity index is 1450. The van der Waals surface area contributed by atoms with E-state index in [4.69, 9.17) is 9.47 Å². The number of hydrogen-bond acceptors (Lipinski definition) is 6. The molecular weight excluding hydrogens is 551 g/mol. The van der Waals surface area contributed by atoms with E-state index < -0.39 is 17.6 Å². The van der Waals surface area contributed by atoms with Crippen LogP contribution in [0.4, 0.5) is 13.2 Å². The van der Waals surface area contributed by atoms with Crippen LogP contribution >= 0.6 is 11.3 Å². The fraction of sp³-hybridized carbons (Fsp3) is 0.290. The summed E-state index contributed by atoms with van der Waals surface area (Å²) in [5.74, 6) is 0.922. The van der Waals surface area contributed by atoms with Crippen LogP contribution in [0, 0.1) is 6.92 Å². The molecular formula is C31H32F3N3O3S. The number of methoxy groups -OCH3 is 2. The first kappa shape index (κ1) is 30.1. The van der Waals surface area contributed by atoms with Crippen molar-refractivity contribution < 1.29 is 27.4 Å². The highest BCUT2D eigenvalue weighted by molar-refractivity contribution is 7.09. The summed E-state index contributed by atoms with van der Waals surface area (Å²) in [5.41, 5.74) is 3.31. The number of amides is 1. The lowest BCUT2D eigenvalue weighted by molar-refractivity contribution is -0.137. The largest absolute Gasteiger partial charge is 0.493 e. The summed E-state index contributed by atoms with van der Waals surface area (Å²) < 4.78 is 49.8. The third kappa shape index (κ3) is 8.55. The van der Waals surface area contributed by atoms with Crippen molar-refractivity contribution >= 4 is 17.2 Å². The summed E-state index contributed by atoms with van der Waals surface area (Å²) in [6.45, 7) is 3.99. The van der Waals surface area contributed by atoms with Crippen molar-refractivity contribution in [1.29, 1.82) is 0 Å². The molecule has 0 fully saturated rings. The standard InChI is InChI=1S/C31H32F3N3O3S/c1-21-7-9-23(10-8-21)18-37(14-13-22-11-12-27(39-2)28(16-22)40-3)19-29-36-26(20-41-29)30(38)35-17-24-5-4-6-25(15-24)31(32,33)34/h4-12,15-16,20H,13-14,17-19H2,1-3H3,(H,35,38). The summed E-state index contributed by atoms with van der Waals surface area (Å²) in [7, 11) is 3.22. The van der Waals surface area contributed by atoms with E-state index >= 15 is 0 Å². The average molecular weight is 584 g/mol. The van der Waals surface area contributed by atoms with Crippen molar-refractivity contribution in [2.75, 3.05) is 20.8 Å². The number of nitrogens with one attached hydrogen (secondary N) is 1. The van der Waals surface area contributed by atoms with Crippen LogP contribution in [0.5, 0.6) is 11.5 Å². The van der Waals surface area contributed by atoms with E-state index in [0.29, 0.717) is 30.2 Å². The number of carbonyl (C=O) groups is 1. The van der Waals surface area contributed by atoms with Gasteiger partial charge in [0.05, 0.1) is 26.3 Å². The van der Waals surface area contributed by atoms with Gasteiger partial charge in [0, 0.05) is 25.0 Å². The average Bonchev–Trinajstić information content (AvgIpc) is 3.44. The van der Waals surface area contributed by atoms with Gasteiger partial charge in [0.25, 0.3) is 5.91 Å². The molecule has 0 aliphatic rings. The molecule has 6 nitrogen and oxygen atoms in total. The van der Waals surface area contributed by atoms with Crippen molar-refractivity contribution in [3.63, 3.8) is 0 Å². The van der Waals surface area contributed by atoms with Crippen molar-refractivity contribution in [3.8, 4) is 11.5 Å². The summed E-state index contributed by atoms with van der Waals surface area (Å²) in [5, 5.41) is 5.12. The number of halogens is 3. The van der Waals surface area contributed by atoms with Gasteiger partial charge in [-0.05, 0) is 54.3 Å². The molecule has 0 saturated heterocycles. The molecule has 0 atom stereocenters. The molecule has 216 valence electrons. The van der Waals surface area contributed by atoms with E-state index in [1.807, 2.05) is 25.1 Å². The van der Waals surface area contributed by atoms with Crippen molar-refractivity contribution in [2.24, 2.45) is 0 Å². The van der Waals surface area contributed by atoms with Crippen LogP contribution in [0.3, 0.4) is 0 Å². The van der Waals surface area contributed by atoms with E-state index in [9.17, 15) is 18.0 Å². The SMILES string of the molecule is COc1ccc(CCN(Cc2ccc(C)cc2)Cc2nc(C(=O)NCc3cccc(C(F)(F)F)c3)cs2)cc1OC. The molecule has 0 spiro atoms. The Hall–Kier alpha value is -3.89. The maximum absolute atomic E-state index is 13.0. The van der Waals surface area contributed by atoms with Gasteiger partial charge in [0.2, 0.25) is 0 Å². The predicted octanol–water partition coefficient (Wildman–Crippen LogP) is 6.66. The van der Waals surface area contributed by atoms with Gasteiger partial charge in [-0.3, -0.25) is 9.69 Å². The van der Waals surface area contributed by atoms with Crippen LogP contribution in [0.15, 0.2) is 72.1 Å². The third-order valence-electron chi connectivity index (χ3n) is 6.54. The fourth-order valence-electron chi connectivity index (χ4n) is 4.30. The van der Waals surface area contributed by atoms with E-state index in [1.165, 1.54) is 28.5 Å². The molecule has 41 heavy (non-hydrogen) atoms. The Morgan fingerprint density at radius 2 is 1.66 bits per heavy atom. The predicted molar refractivity (Wildman–Crippen MR) is 153 cm³/mol. The van der Waals surface area contributed by atoms with E-state index in [2.05, 4.69) is 39.5 Å². The zero-order valence-electron chi connectivity index (χ0n) is 23.1. The smallest absolute Gasteiger partial charge is 0.416 e. The van der Waals surface area contributed by atoms with Crippen LogP contribution in [0.2, 0.25) is 0 Å². The molecule has 0 aliphatic heterocycles. The first-order chi connectivity index (χ1) is 19.6. The van der Waals surface area contributed by atoms with Crippen LogP contribution in [-0.4, -0.2) is 36.6 Å². The maximum Gasteiger partial charge on any atom is 0.416 e. The van der Waals surface area contributed by atoms with Crippen molar-refractivity contribution in [3.05, 3.63) is 111 Å². The molecule has 4 aromatic rings. The number of carbonyl (C=O) groups excluding carboxylic acids is 1. The van der Waals surface area contributed by atoms with Crippen molar-refractivity contribution in [2.45, 2.75) is 39.2 Å². The lowest BCUT2D eigenvalue weighted by Crippen LogP contribution is -2.26. The lowest BCUT2D eigenvalue weighted by atomic mass is 10.1. The summed E-state index contributed by atoms with van der Waals surface area (Å²) in [6.07, 6.45) is -3.67. The van der Waals surface area contributed by atoms with Gasteiger partial charge in [-0.2, -0.15) is 13.2 Å². The molecule has 0 unspecified atom stereocenters. The second kappa shape index (κ2) is 13.6. The summed E-state index contributed by atoms with van der Waals surface area (Å²) in [6, 6.07) is 19.2. The van der Waals surface area contributed by atoms with E-state index in [-0.39, 0.29) is 12.2 Å². The van der Waals surface area contributed by atoms with E-state index in [0.717, 1.165) is 35.7 Å². The Balaban J connectivity index is 1.42. The highest BCUT2D eigenvalue weighted by atomic mass is 32.1. The Kier molecular flexibility index (Phi) is 10.0. The minimum absolute atomic E-state index is 0.0273. The van der Waals surface area contributed by atoms with Crippen LogP contribution in [0.25, 0.3) is 0 Å². The summed E-state index contributed by atoms with van der Waals surface area (Å²) >= 11 is 1.38. The van der Waals surface area contributed by atoms with E-state index in [1.54, 1.807) is 25.7 Å². The quantitative estimate of drug-likeness (QED) is 0.202. The van der Waals surface area contributed by atoms with Gasteiger partial charge in [-0.1, -0.05) is 48.0 Å². The van der Waals surface area contributed by atoms with Gasteiger partial charge in [-0.15, -0.1) is 11.3 Å². The minimum atomic E-state index is -4.44. The van der Waals surface area contributed by atoms with Gasteiger partial charge in [0.1, 0.15) is 10.7 Å². The molecule has 10 heteroatoms. The molecule has 0 saturated carbocycles. The van der Waals surface area contributed by atoms with Crippen LogP contribution in [-0.2, 0) is 32.2 Å². The van der Waals surface area contributed by atoms with Gasteiger partial charge in [0.15, 0.2) is 11.5 Å². The number of thiazole rings is 1. The number of ether oxygens (including phenoxy) is 2. The second-order valence-corrected chi connectivity index (χ2v) is 10.6. The highest BCUT2D eigenvalue weighted by Crippen LogP contribution is 2.30. The number of alkyl halides is 3. The molecule has 3 aromatic carbocycles. The Morgan fingerprint density at radius 1 is 0.927 bits per heavy atom. The molecule has 0 radical (unpaired) electrons. The normalized spacial score (nSPS) is 11.5. The molecule has 4 rings (SSSR count). The first-order valence-corrected chi connectivity index (χ1v) is 13.9. The molecule has 1 N–H and O–H groups in total. The highest BCUT2D eigenvalue weighted by Gasteiger charge is 2.30. The number of benzene rings is 3. The zero-order valence-corrected chi connectivity index (χ0v) is 23.9. The third-order valence-corrected chi connectivity index (χ3v) is 7.38. The van der Waals surface area contributed by atoms with Gasteiger partial charge >= 0.3 is 6.18 Å². The minimum Gasteiger partial charge on any atom is -0.493 e.